The van der Waals surface area contributed by atoms with Crippen LogP contribution in [0, 0.1) is 10.4 Å². The first-order valence-electron chi connectivity index (χ1n) is 9.74. The number of carbonyl (C=O) groups is 1. The number of halogens is 3. The molecule has 4 rings (SSSR count). The Labute approximate surface area is 183 Å². The molecule has 1 aliphatic heterocycles. The van der Waals surface area contributed by atoms with E-state index >= 15 is 0 Å². The summed E-state index contributed by atoms with van der Waals surface area (Å²) in [6.07, 6.45) is -1.86. The minimum Gasteiger partial charge on any atom is -0.739 e. The topological polar surface area (TPSA) is 134 Å². The molecule has 0 bridgehead atoms. The van der Waals surface area contributed by atoms with E-state index in [-0.39, 0.29) is 59.3 Å². The third kappa shape index (κ3) is 5.05. The highest BCUT2D eigenvalue weighted by Crippen LogP contribution is 2.25. The van der Waals surface area contributed by atoms with Crippen LogP contribution in [0.15, 0.2) is 46.9 Å². The van der Waals surface area contributed by atoms with Crippen molar-refractivity contribution >= 4 is 23.0 Å². The van der Waals surface area contributed by atoms with Crippen molar-refractivity contribution in [3.05, 3.63) is 52.8 Å². The molecule has 0 unspecified atom stereocenters. The van der Waals surface area contributed by atoms with Gasteiger partial charge in [-0.1, -0.05) is 11.2 Å². The quantitative estimate of drug-likeness (QED) is 0.313. The average Bonchev–Trinajstić information content (AvgIpc) is 3.42. The lowest BCUT2D eigenvalue weighted by molar-refractivity contribution is -0.672. The maximum atomic E-state index is 12.9. The summed E-state index contributed by atoms with van der Waals surface area (Å²) in [6, 6.07) is 6.09. The molecule has 0 radical (unpaired) electrons. The Morgan fingerprint density at radius 1 is 1.30 bits per heavy atom. The molecule has 1 aromatic carbocycles. The average molecular weight is 466 g/mol. The number of rotatable bonds is 7. The van der Waals surface area contributed by atoms with Crippen LogP contribution < -0.4 is 14.9 Å². The second-order valence-corrected chi connectivity index (χ2v) is 7.12. The predicted octanol–water partition coefficient (Wildman–Crippen LogP) is 1.61. The van der Waals surface area contributed by atoms with Crippen LogP contribution in [-0.2, 0) is 9.53 Å². The van der Waals surface area contributed by atoms with Crippen LogP contribution in [0.3, 0.4) is 0 Å². The van der Waals surface area contributed by atoms with Crippen LogP contribution in [0.4, 0.5) is 19.1 Å². The van der Waals surface area contributed by atoms with Crippen LogP contribution >= 0.6 is 0 Å². The molecule has 0 amide bonds. The summed E-state index contributed by atoms with van der Waals surface area (Å²) in [7, 11) is 0. The van der Waals surface area contributed by atoms with Crippen molar-refractivity contribution in [3.8, 4) is 11.3 Å². The van der Waals surface area contributed by atoms with E-state index in [1.165, 1.54) is 18.3 Å². The zero-order valence-corrected chi connectivity index (χ0v) is 16.9. The lowest BCUT2D eigenvalue weighted by atomic mass is 10.1. The van der Waals surface area contributed by atoms with Gasteiger partial charge in [0.15, 0.2) is 11.3 Å². The molecule has 174 valence electrons. The van der Waals surface area contributed by atoms with Gasteiger partial charge in [0.25, 0.3) is 5.52 Å². The van der Waals surface area contributed by atoms with E-state index in [2.05, 4.69) is 15.6 Å². The van der Waals surface area contributed by atoms with Gasteiger partial charge < -0.3 is 24.6 Å². The highest BCUT2D eigenvalue weighted by molar-refractivity contribution is 5.85. The number of benzene rings is 1. The number of aromatic nitrogens is 4. The van der Waals surface area contributed by atoms with E-state index in [1.54, 1.807) is 12.1 Å². The first kappa shape index (κ1) is 22.1. The third-order valence-electron chi connectivity index (χ3n) is 4.72. The van der Waals surface area contributed by atoms with Gasteiger partial charge in [0.1, 0.15) is 12.3 Å². The van der Waals surface area contributed by atoms with Crippen molar-refractivity contribution < 1.29 is 36.8 Å². The third-order valence-corrected chi connectivity index (χ3v) is 4.72. The Morgan fingerprint density at radius 3 is 2.85 bits per heavy atom. The Bertz CT molecular complexity index is 1200. The number of anilines is 1. The smallest absolute Gasteiger partial charge is 0.461 e. The van der Waals surface area contributed by atoms with Crippen LogP contribution in [-0.4, -0.2) is 46.9 Å². The minimum atomic E-state index is -4.35. The normalized spacial score (nSPS) is 13.9. The van der Waals surface area contributed by atoms with Crippen LogP contribution in [0.5, 0.6) is 0 Å². The molecule has 1 N–H and O–H groups in total. The van der Waals surface area contributed by atoms with Gasteiger partial charge in [-0.2, -0.15) is 13.2 Å². The van der Waals surface area contributed by atoms with Gasteiger partial charge in [0.05, 0.1) is 24.7 Å². The molecule has 0 saturated carbocycles. The van der Waals surface area contributed by atoms with E-state index in [0.717, 1.165) is 11.1 Å². The number of carbonyl (C=O) groups excluding carboxylic acids is 1. The molecule has 14 heteroatoms. The van der Waals surface area contributed by atoms with Gasteiger partial charge in [-0.15, -0.1) is 0 Å². The molecular weight excluding hydrogens is 449 g/mol. The van der Waals surface area contributed by atoms with E-state index < -0.39 is 18.7 Å². The van der Waals surface area contributed by atoms with E-state index in [4.69, 9.17) is 9.26 Å². The Balaban J connectivity index is 1.42. The number of alkyl halides is 3. The van der Waals surface area contributed by atoms with Crippen molar-refractivity contribution in [1.82, 2.24) is 15.2 Å². The van der Waals surface area contributed by atoms with Gasteiger partial charge in [-0.05, 0) is 6.07 Å². The molecule has 0 aliphatic carbocycles. The molecule has 2 aromatic heterocycles. The maximum absolute atomic E-state index is 12.9. The van der Waals surface area contributed by atoms with Crippen LogP contribution in [0.25, 0.3) is 22.4 Å². The Hall–Kier alpha value is -4.10. The van der Waals surface area contributed by atoms with Gasteiger partial charge in [0.2, 0.25) is 5.10 Å². The molecule has 0 fully saturated rings. The highest BCUT2D eigenvalue weighted by Gasteiger charge is 2.32. The summed E-state index contributed by atoms with van der Waals surface area (Å²) < 4.78 is 47.9. The number of para-hydroxylation sites is 1. The van der Waals surface area contributed by atoms with Crippen molar-refractivity contribution in [1.29, 1.82) is 0 Å². The van der Waals surface area contributed by atoms with Crippen molar-refractivity contribution in [2.45, 2.75) is 19.0 Å². The van der Waals surface area contributed by atoms with E-state index in [1.807, 2.05) is 0 Å². The summed E-state index contributed by atoms with van der Waals surface area (Å²) >= 11 is 0. The standard InChI is InChI=1S/C19H17F3N6O5/c20-19(21,22)11-26-9-6-12(10-26)32-16(29)5-7-23-18-25-28(31)14-3-1-2-13(17(14)27(18)30)15-4-8-24-33-15/h1-4,8,10H,5-7,9,11H2,(H,23,25). The van der Waals surface area contributed by atoms with Crippen molar-refractivity contribution in [2.24, 2.45) is 0 Å². The lowest BCUT2D eigenvalue weighted by Crippen LogP contribution is -2.44. The molecule has 11 nitrogen and oxygen atoms in total. The number of fused-ring (bicyclic) bond motifs is 1. The summed E-state index contributed by atoms with van der Waals surface area (Å²) in [5.74, 6) is -0.664. The summed E-state index contributed by atoms with van der Waals surface area (Å²) in [5.41, 5.74) is 0.316. The van der Waals surface area contributed by atoms with Gasteiger partial charge in [0, 0.05) is 36.1 Å². The maximum Gasteiger partial charge on any atom is 0.461 e. The monoisotopic (exact) mass is 466 g/mol. The van der Waals surface area contributed by atoms with Crippen molar-refractivity contribution in [3.63, 3.8) is 0 Å². The van der Waals surface area contributed by atoms with Gasteiger partial charge in [-0.25, -0.2) is 4.73 Å². The molecule has 3 aromatic rings. The van der Waals surface area contributed by atoms with Gasteiger partial charge >= 0.3 is 18.1 Å². The fourth-order valence-electron chi connectivity index (χ4n) is 3.34. The fourth-order valence-corrected chi connectivity index (χ4v) is 3.34. The second kappa shape index (κ2) is 8.80. The van der Waals surface area contributed by atoms with Crippen LogP contribution in [0.2, 0.25) is 0 Å². The minimum absolute atomic E-state index is 0.000409. The highest BCUT2D eigenvalue weighted by atomic mass is 19.4. The molecular formula is C19H17F3N6O5. The summed E-state index contributed by atoms with van der Waals surface area (Å²) in [5, 5.41) is 35.0. The molecule has 0 atom stereocenters. The summed E-state index contributed by atoms with van der Waals surface area (Å²) in [6.45, 7) is -1.14. The number of hydrogen-bond donors (Lipinski definition) is 1. The van der Waals surface area contributed by atoms with Crippen molar-refractivity contribution in [2.75, 3.05) is 25.0 Å². The Kier molecular flexibility index (Phi) is 5.89. The first-order valence-corrected chi connectivity index (χ1v) is 9.74. The fraction of sp³-hybridized carbons (Fsp3) is 0.316. The zero-order chi connectivity index (χ0) is 23.6. The Morgan fingerprint density at radius 2 is 2.12 bits per heavy atom. The number of hydrogen-bond acceptors (Lipinski definition) is 9. The summed E-state index contributed by atoms with van der Waals surface area (Å²) in [4.78, 5) is 13.3. The first-order chi connectivity index (χ1) is 15.7. The number of esters is 1. The largest absolute Gasteiger partial charge is 0.739 e. The molecule has 0 spiro atoms. The SMILES string of the molecule is O=C(CCNc1n[n+]([O-])c2cccc(-c3ccno3)c2[n+]1[O-])OC1=CN(CC(F)(F)F)CC1. The molecule has 1 aliphatic rings. The lowest BCUT2D eigenvalue weighted by Gasteiger charge is -2.16. The van der Waals surface area contributed by atoms with E-state index in [0.29, 0.717) is 10.3 Å². The molecule has 33 heavy (non-hydrogen) atoms. The zero-order valence-electron chi connectivity index (χ0n) is 16.9. The van der Waals surface area contributed by atoms with Gasteiger partial charge in [-0.3, -0.25) is 10.1 Å². The second-order valence-electron chi connectivity index (χ2n) is 7.12. The number of nitrogens with zero attached hydrogens (tertiary/aromatic N) is 5. The number of ether oxygens (including phenoxy) is 1. The number of nitrogens with one attached hydrogen (secondary N) is 1. The molecule has 3 heterocycles. The van der Waals surface area contributed by atoms with Crippen LogP contribution in [0.1, 0.15) is 12.8 Å². The molecule has 0 saturated heterocycles. The predicted molar refractivity (Wildman–Crippen MR) is 105 cm³/mol. The van der Waals surface area contributed by atoms with E-state index in [9.17, 15) is 28.4 Å².